The van der Waals surface area contributed by atoms with E-state index in [2.05, 4.69) is 0 Å². The zero-order valence-electron chi connectivity index (χ0n) is 17.8. The van der Waals surface area contributed by atoms with Gasteiger partial charge in [-0.1, -0.05) is 0 Å². The molecule has 7 nitrogen and oxygen atoms in total. The van der Waals surface area contributed by atoms with E-state index < -0.39 is 27.6 Å². The fourth-order valence-electron chi connectivity index (χ4n) is 1.20. The van der Waals surface area contributed by atoms with Crippen LogP contribution in [-0.4, -0.2) is 32.2 Å². The van der Waals surface area contributed by atoms with Crippen LogP contribution in [0.25, 0.3) is 0 Å². The summed E-state index contributed by atoms with van der Waals surface area (Å²) in [5.74, 6) is 0. The summed E-state index contributed by atoms with van der Waals surface area (Å²) in [5, 5.41) is 0. The molecule has 0 aliphatic carbocycles. The van der Waals surface area contributed by atoms with Crippen molar-refractivity contribution in [2.24, 2.45) is 0 Å². The Kier molecular flexibility index (Phi) is 10.6. The summed E-state index contributed by atoms with van der Waals surface area (Å²) < 4.78 is 31.6. The van der Waals surface area contributed by atoms with Crippen molar-refractivity contribution in [1.29, 1.82) is 0 Å². The van der Waals surface area contributed by atoms with Gasteiger partial charge in [-0.25, -0.2) is 4.57 Å². The topological polar surface area (TPSA) is 94.5 Å². The van der Waals surface area contributed by atoms with Gasteiger partial charge in [0.2, 0.25) is 0 Å². The van der Waals surface area contributed by atoms with Crippen LogP contribution in [0.1, 0.15) is 83.1 Å². The number of phosphoric ester groups is 1. The van der Waals surface area contributed by atoms with Crippen molar-refractivity contribution in [2.45, 2.75) is 105 Å². The standard InChI is InChI=1S/C8H19O4P.C8H19O3P/c1-7(2,3)11-13(9,10)12-8(4,5)6;1-7(2,3)10-12(9)11-8(4,5)6/h1-6H3,(H,9,10);9H,1-6H3. The summed E-state index contributed by atoms with van der Waals surface area (Å²) in [6.07, 6.45) is 0. The molecule has 0 fully saturated rings. The van der Waals surface area contributed by atoms with Gasteiger partial charge in [0.1, 0.15) is 0 Å². The van der Waals surface area contributed by atoms with Gasteiger partial charge in [-0.15, -0.1) is 0 Å². The summed E-state index contributed by atoms with van der Waals surface area (Å²) in [6.45, 7) is 21.5. The predicted octanol–water partition coefficient (Wildman–Crippen LogP) is 5.55. The summed E-state index contributed by atoms with van der Waals surface area (Å²) in [4.78, 5) is 18.6. The Morgan fingerprint density at radius 1 is 0.640 bits per heavy atom. The Morgan fingerprint density at radius 2 is 0.880 bits per heavy atom. The number of rotatable bonds is 4. The summed E-state index contributed by atoms with van der Waals surface area (Å²) in [6, 6.07) is 0. The van der Waals surface area contributed by atoms with Crippen LogP contribution in [0.4, 0.5) is 0 Å². The van der Waals surface area contributed by atoms with Gasteiger partial charge in [-0.3, -0.25) is 9.05 Å². The van der Waals surface area contributed by atoms with Crippen LogP contribution in [0.15, 0.2) is 0 Å². The van der Waals surface area contributed by atoms with E-state index in [9.17, 15) is 14.4 Å². The van der Waals surface area contributed by atoms with Crippen molar-refractivity contribution < 1.29 is 32.4 Å². The van der Waals surface area contributed by atoms with Gasteiger partial charge in [0.05, 0.1) is 22.4 Å². The molecule has 0 radical (unpaired) electrons. The lowest BCUT2D eigenvalue weighted by Gasteiger charge is -2.27. The third kappa shape index (κ3) is 24.4. The fraction of sp³-hybridized carbons (Fsp3) is 1.00. The van der Waals surface area contributed by atoms with Crippen LogP contribution in [0, 0.1) is 0 Å². The molecule has 0 aromatic heterocycles. The van der Waals surface area contributed by atoms with Crippen molar-refractivity contribution >= 4 is 16.4 Å². The highest BCUT2D eigenvalue weighted by Gasteiger charge is 2.33. The Balaban J connectivity index is 0. The Labute approximate surface area is 155 Å². The molecule has 9 heteroatoms. The molecule has 0 aromatic rings. The van der Waals surface area contributed by atoms with Crippen molar-refractivity contribution in [3.05, 3.63) is 0 Å². The smallest absolute Gasteiger partial charge is 0.328 e. The van der Waals surface area contributed by atoms with Crippen LogP contribution < -0.4 is 0 Å². The van der Waals surface area contributed by atoms with E-state index in [1.807, 2.05) is 41.5 Å². The quantitative estimate of drug-likeness (QED) is 0.593. The molecule has 0 saturated carbocycles. The van der Waals surface area contributed by atoms with E-state index >= 15 is 0 Å². The van der Waals surface area contributed by atoms with Gasteiger partial charge < -0.3 is 18.8 Å². The number of hydrogen-bond donors (Lipinski definition) is 2. The van der Waals surface area contributed by atoms with Gasteiger partial charge in [-0.2, -0.15) is 0 Å². The predicted molar refractivity (Wildman–Crippen MR) is 102 cm³/mol. The number of phosphoric acid groups is 1. The van der Waals surface area contributed by atoms with E-state index in [1.54, 1.807) is 41.5 Å². The molecule has 0 amide bonds. The minimum atomic E-state index is -3.94. The van der Waals surface area contributed by atoms with E-state index in [1.165, 1.54) is 0 Å². The molecule has 0 aliphatic heterocycles. The largest absolute Gasteiger partial charge is 0.473 e. The average molecular weight is 404 g/mol. The normalized spacial score (nSPS) is 14.4. The monoisotopic (exact) mass is 404 g/mol. The van der Waals surface area contributed by atoms with Crippen LogP contribution in [-0.2, 0) is 22.7 Å². The minimum absolute atomic E-state index is 0.355. The second kappa shape index (κ2) is 9.57. The molecule has 0 heterocycles. The molecule has 0 atom stereocenters. The Bertz CT molecular complexity index is 390. The van der Waals surface area contributed by atoms with Crippen LogP contribution in [0.5, 0.6) is 0 Å². The van der Waals surface area contributed by atoms with E-state index in [0.29, 0.717) is 0 Å². The van der Waals surface area contributed by atoms with Crippen molar-refractivity contribution in [2.75, 3.05) is 0 Å². The first kappa shape index (κ1) is 27.6. The zero-order valence-corrected chi connectivity index (χ0v) is 19.6. The maximum absolute atomic E-state index is 11.4. The van der Waals surface area contributed by atoms with Gasteiger partial charge in [0.25, 0.3) is 0 Å². The van der Waals surface area contributed by atoms with E-state index in [4.69, 9.17) is 18.1 Å². The second-order valence-corrected chi connectivity index (χ2v) is 11.7. The number of hydrogen-bond acceptors (Lipinski definition) is 6. The lowest BCUT2D eigenvalue weighted by molar-refractivity contribution is 0.0186. The van der Waals surface area contributed by atoms with Crippen LogP contribution in [0.2, 0.25) is 0 Å². The van der Waals surface area contributed by atoms with Gasteiger partial charge in [-0.05, 0) is 83.1 Å². The molecule has 0 rings (SSSR count). The molecular formula is C16H38O7P2. The minimum Gasteiger partial charge on any atom is -0.328 e. The van der Waals surface area contributed by atoms with Crippen molar-refractivity contribution in [1.82, 2.24) is 0 Å². The first-order valence-electron chi connectivity index (χ1n) is 8.13. The van der Waals surface area contributed by atoms with E-state index in [-0.39, 0.29) is 11.2 Å². The summed E-state index contributed by atoms with van der Waals surface area (Å²) >= 11 is 0. The molecule has 0 aliphatic rings. The lowest BCUT2D eigenvalue weighted by atomic mass is 10.2. The SMILES string of the molecule is CC(C)(C)OP(=O)(O)OC(C)(C)C.CC(C)(C)OP(O)OC(C)(C)C. The fourth-order valence-corrected chi connectivity index (χ4v) is 3.59. The highest BCUT2D eigenvalue weighted by atomic mass is 31.2. The van der Waals surface area contributed by atoms with Crippen LogP contribution >= 0.6 is 16.4 Å². The molecule has 0 unspecified atom stereocenters. The molecule has 0 saturated heterocycles. The average Bonchev–Trinajstić information content (AvgIpc) is 1.99. The highest BCUT2D eigenvalue weighted by Crippen LogP contribution is 2.50. The first-order valence-corrected chi connectivity index (χ1v) is 10.8. The Hall–Kier alpha value is 0.420. The van der Waals surface area contributed by atoms with Gasteiger partial charge in [0, 0.05) is 0 Å². The Morgan fingerprint density at radius 3 is 1.04 bits per heavy atom. The third-order valence-electron chi connectivity index (χ3n) is 1.48. The molecule has 0 bridgehead atoms. The maximum atomic E-state index is 11.4. The molecule has 25 heavy (non-hydrogen) atoms. The molecule has 2 N–H and O–H groups in total. The molecule has 0 spiro atoms. The van der Waals surface area contributed by atoms with Crippen LogP contribution in [0.3, 0.4) is 0 Å². The molecule has 154 valence electrons. The van der Waals surface area contributed by atoms with Gasteiger partial charge >= 0.3 is 16.4 Å². The third-order valence-corrected chi connectivity index (χ3v) is 4.45. The first-order chi connectivity index (χ1) is 10.5. The molecular weight excluding hydrogens is 366 g/mol. The van der Waals surface area contributed by atoms with E-state index in [0.717, 1.165) is 0 Å². The van der Waals surface area contributed by atoms with Crippen molar-refractivity contribution in [3.8, 4) is 0 Å². The summed E-state index contributed by atoms with van der Waals surface area (Å²) in [7, 11) is -5.69. The zero-order chi connectivity index (χ0) is 20.9. The molecule has 0 aromatic carbocycles. The second-order valence-electron chi connectivity index (χ2n) is 9.52. The summed E-state index contributed by atoms with van der Waals surface area (Å²) in [5.41, 5.74) is -2.08. The highest BCUT2D eigenvalue weighted by molar-refractivity contribution is 7.47. The van der Waals surface area contributed by atoms with Crippen molar-refractivity contribution in [3.63, 3.8) is 0 Å². The lowest BCUT2D eigenvalue weighted by Crippen LogP contribution is -2.23. The van der Waals surface area contributed by atoms with Gasteiger partial charge in [0.15, 0.2) is 0 Å². The maximum Gasteiger partial charge on any atom is 0.473 e.